The van der Waals surface area contributed by atoms with E-state index in [0.717, 1.165) is 44.3 Å². The lowest BCUT2D eigenvalue weighted by Crippen LogP contribution is -1.87. The van der Waals surface area contributed by atoms with Crippen molar-refractivity contribution in [3.8, 4) is 22.5 Å². The van der Waals surface area contributed by atoms with Crippen LogP contribution in [0.1, 0.15) is 0 Å². The second kappa shape index (κ2) is 5.03. The number of pyridine rings is 1. The molecule has 5 aromatic rings. The Labute approximate surface area is 137 Å². The molecule has 0 fully saturated rings. The van der Waals surface area contributed by atoms with E-state index in [2.05, 4.69) is 55.7 Å². The summed E-state index contributed by atoms with van der Waals surface area (Å²) in [6.45, 7) is 0. The van der Waals surface area contributed by atoms with Crippen LogP contribution in [0.25, 0.3) is 44.3 Å². The minimum absolute atomic E-state index is 0.837. The van der Waals surface area contributed by atoms with Gasteiger partial charge in [-0.1, -0.05) is 24.3 Å². The average Bonchev–Trinajstić information content (AvgIpc) is 3.29. The van der Waals surface area contributed by atoms with Crippen molar-refractivity contribution < 1.29 is 0 Å². The zero-order valence-electron chi connectivity index (χ0n) is 12.7. The van der Waals surface area contributed by atoms with Crippen molar-refractivity contribution in [3.05, 3.63) is 67.0 Å². The standard InChI is InChI=1S/C19H13N5/c1-2-4-17-14(3-1)15(8-10-21-17)19-18(22-24-23-19)13-5-6-16-12(11-13)7-9-20-16/h1-11,20H,(H,22,23,24). The predicted octanol–water partition coefficient (Wildman–Crippen LogP) is 4.17. The van der Waals surface area contributed by atoms with Crippen molar-refractivity contribution in [1.29, 1.82) is 0 Å². The van der Waals surface area contributed by atoms with Gasteiger partial charge < -0.3 is 4.98 Å². The van der Waals surface area contributed by atoms with Gasteiger partial charge in [-0.3, -0.25) is 4.98 Å². The van der Waals surface area contributed by atoms with Crippen LogP contribution in [-0.2, 0) is 0 Å². The van der Waals surface area contributed by atoms with Crippen molar-refractivity contribution >= 4 is 21.8 Å². The largest absolute Gasteiger partial charge is 0.361 e. The fourth-order valence-corrected chi connectivity index (χ4v) is 3.12. The second-order valence-corrected chi connectivity index (χ2v) is 5.68. The Balaban J connectivity index is 1.74. The summed E-state index contributed by atoms with van der Waals surface area (Å²) in [5.74, 6) is 0. The molecule has 5 heteroatoms. The lowest BCUT2D eigenvalue weighted by atomic mass is 10.0. The third-order valence-electron chi connectivity index (χ3n) is 4.28. The highest BCUT2D eigenvalue weighted by atomic mass is 15.3. The Morgan fingerprint density at radius 1 is 0.833 bits per heavy atom. The molecule has 0 aliphatic rings. The van der Waals surface area contributed by atoms with Crippen LogP contribution in [0.3, 0.4) is 0 Å². The number of aromatic nitrogens is 5. The minimum Gasteiger partial charge on any atom is -0.361 e. The van der Waals surface area contributed by atoms with Gasteiger partial charge in [0.2, 0.25) is 0 Å². The number of rotatable bonds is 2. The number of nitrogens with one attached hydrogen (secondary N) is 2. The summed E-state index contributed by atoms with van der Waals surface area (Å²) in [5.41, 5.74) is 5.80. The van der Waals surface area contributed by atoms with Crippen LogP contribution < -0.4 is 0 Å². The topological polar surface area (TPSA) is 70.2 Å². The number of fused-ring (bicyclic) bond motifs is 2. The molecule has 0 atom stereocenters. The third-order valence-corrected chi connectivity index (χ3v) is 4.28. The predicted molar refractivity (Wildman–Crippen MR) is 94.4 cm³/mol. The number of hydrogen-bond donors (Lipinski definition) is 2. The van der Waals surface area contributed by atoms with Crippen LogP contribution in [0.5, 0.6) is 0 Å². The first-order valence-electron chi connectivity index (χ1n) is 7.72. The molecule has 0 amide bonds. The molecule has 0 aliphatic heterocycles. The van der Waals surface area contributed by atoms with Crippen molar-refractivity contribution in [2.75, 3.05) is 0 Å². The molecule has 2 aromatic carbocycles. The molecule has 3 aromatic heterocycles. The van der Waals surface area contributed by atoms with E-state index in [9.17, 15) is 0 Å². The molecule has 0 aliphatic carbocycles. The molecule has 24 heavy (non-hydrogen) atoms. The van der Waals surface area contributed by atoms with Gasteiger partial charge in [-0.15, -0.1) is 0 Å². The number of nitrogens with zero attached hydrogens (tertiary/aromatic N) is 3. The van der Waals surface area contributed by atoms with Gasteiger partial charge in [-0.05, 0) is 30.3 Å². The molecule has 0 saturated heterocycles. The highest BCUT2D eigenvalue weighted by Crippen LogP contribution is 2.33. The van der Waals surface area contributed by atoms with Crippen LogP contribution in [0, 0.1) is 0 Å². The van der Waals surface area contributed by atoms with Gasteiger partial charge in [0.05, 0.1) is 5.52 Å². The maximum atomic E-state index is 4.43. The van der Waals surface area contributed by atoms with Crippen molar-refractivity contribution in [3.63, 3.8) is 0 Å². The van der Waals surface area contributed by atoms with E-state index in [1.165, 1.54) is 0 Å². The first-order chi connectivity index (χ1) is 11.9. The monoisotopic (exact) mass is 311 g/mol. The van der Waals surface area contributed by atoms with Gasteiger partial charge in [-0.2, -0.15) is 15.4 Å². The Morgan fingerprint density at radius 3 is 2.75 bits per heavy atom. The first kappa shape index (κ1) is 13.0. The average molecular weight is 311 g/mol. The molecule has 114 valence electrons. The van der Waals surface area contributed by atoms with E-state index >= 15 is 0 Å². The summed E-state index contributed by atoms with van der Waals surface area (Å²) < 4.78 is 0. The highest BCUT2D eigenvalue weighted by Gasteiger charge is 2.15. The van der Waals surface area contributed by atoms with Crippen LogP contribution in [0.2, 0.25) is 0 Å². The van der Waals surface area contributed by atoms with Crippen molar-refractivity contribution in [1.82, 2.24) is 25.4 Å². The van der Waals surface area contributed by atoms with Crippen LogP contribution in [0.4, 0.5) is 0 Å². The normalized spacial score (nSPS) is 11.3. The lowest BCUT2D eigenvalue weighted by Gasteiger charge is -2.05. The molecular weight excluding hydrogens is 298 g/mol. The minimum atomic E-state index is 0.837. The van der Waals surface area contributed by atoms with Gasteiger partial charge in [-0.25, -0.2) is 0 Å². The molecule has 0 radical (unpaired) electrons. The summed E-state index contributed by atoms with van der Waals surface area (Å²) in [7, 11) is 0. The van der Waals surface area contributed by atoms with E-state index in [1.807, 2.05) is 36.7 Å². The van der Waals surface area contributed by atoms with E-state index < -0.39 is 0 Å². The number of H-pyrrole nitrogens is 2. The SMILES string of the molecule is c1ccc2c(-c3n[nH]nc3-c3ccc4[nH]ccc4c3)ccnc2c1. The number of aromatic amines is 2. The molecule has 3 heterocycles. The number of para-hydroxylation sites is 1. The van der Waals surface area contributed by atoms with Gasteiger partial charge in [0.25, 0.3) is 0 Å². The molecule has 0 spiro atoms. The smallest absolute Gasteiger partial charge is 0.121 e. The molecule has 5 nitrogen and oxygen atoms in total. The lowest BCUT2D eigenvalue weighted by molar-refractivity contribution is 0.944. The Kier molecular flexibility index (Phi) is 2.72. The van der Waals surface area contributed by atoms with Crippen molar-refractivity contribution in [2.45, 2.75) is 0 Å². The van der Waals surface area contributed by atoms with E-state index in [1.54, 1.807) is 0 Å². The highest BCUT2D eigenvalue weighted by molar-refractivity contribution is 5.97. The zero-order chi connectivity index (χ0) is 15.9. The molecular formula is C19H13N5. The second-order valence-electron chi connectivity index (χ2n) is 5.68. The van der Waals surface area contributed by atoms with Crippen LogP contribution in [-0.4, -0.2) is 25.4 Å². The zero-order valence-corrected chi connectivity index (χ0v) is 12.7. The maximum Gasteiger partial charge on any atom is 0.121 e. The first-order valence-corrected chi connectivity index (χ1v) is 7.72. The fourth-order valence-electron chi connectivity index (χ4n) is 3.12. The maximum absolute atomic E-state index is 4.43. The molecule has 5 rings (SSSR count). The molecule has 0 unspecified atom stereocenters. The van der Waals surface area contributed by atoms with Crippen LogP contribution >= 0.6 is 0 Å². The Hall–Kier alpha value is -3.47. The van der Waals surface area contributed by atoms with E-state index in [0.29, 0.717) is 0 Å². The fraction of sp³-hybridized carbons (Fsp3) is 0. The Bertz CT molecular complexity index is 1160. The molecule has 2 N–H and O–H groups in total. The number of hydrogen-bond acceptors (Lipinski definition) is 3. The summed E-state index contributed by atoms with van der Waals surface area (Å²) in [6, 6.07) is 18.4. The summed E-state index contributed by atoms with van der Waals surface area (Å²) in [5, 5.41) is 13.8. The van der Waals surface area contributed by atoms with E-state index in [-0.39, 0.29) is 0 Å². The van der Waals surface area contributed by atoms with Gasteiger partial charge >= 0.3 is 0 Å². The Morgan fingerprint density at radius 2 is 1.75 bits per heavy atom. The van der Waals surface area contributed by atoms with Crippen molar-refractivity contribution in [2.24, 2.45) is 0 Å². The van der Waals surface area contributed by atoms with Gasteiger partial charge in [0.15, 0.2) is 0 Å². The van der Waals surface area contributed by atoms with E-state index in [4.69, 9.17) is 0 Å². The summed E-state index contributed by atoms with van der Waals surface area (Å²) in [6.07, 6.45) is 3.75. The molecule has 0 bridgehead atoms. The third kappa shape index (κ3) is 1.91. The molecule has 0 saturated carbocycles. The van der Waals surface area contributed by atoms with Gasteiger partial charge in [0, 0.05) is 39.8 Å². The van der Waals surface area contributed by atoms with Crippen LogP contribution in [0.15, 0.2) is 67.0 Å². The summed E-state index contributed by atoms with van der Waals surface area (Å²) in [4.78, 5) is 7.64. The summed E-state index contributed by atoms with van der Waals surface area (Å²) >= 11 is 0. The quantitative estimate of drug-likeness (QED) is 0.514. The van der Waals surface area contributed by atoms with Gasteiger partial charge in [0.1, 0.15) is 11.4 Å². The number of benzene rings is 2.